The van der Waals surface area contributed by atoms with E-state index < -0.39 is 24.5 Å². The molecule has 0 saturated heterocycles. The highest BCUT2D eigenvalue weighted by atomic mass is 16.5. The summed E-state index contributed by atoms with van der Waals surface area (Å²) < 4.78 is 15.9. The summed E-state index contributed by atoms with van der Waals surface area (Å²) in [6, 6.07) is 13.6. The maximum absolute atomic E-state index is 12.8. The van der Waals surface area contributed by atoms with Crippen LogP contribution in [0.2, 0.25) is 0 Å². The summed E-state index contributed by atoms with van der Waals surface area (Å²) in [6.07, 6.45) is 4.99. The van der Waals surface area contributed by atoms with Crippen molar-refractivity contribution in [3.05, 3.63) is 84.1 Å². The number of hydrogen-bond acceptors (Lipinski definition) is 7. The van der Waals surface area contributed by atoms with Gasteiger partial charge in [0.2, 0.25) is 0 Å². The molecule has 1 aliphatic heterocycles. The van der Waals surface area contributed by atoms with Crippen molar-refractivity contribution in [2.75, 3.05) is 13.7 Å². The smallest absolute Gasteiger partial charge is 0.338 e. The Bertz CT molecular complexity index is 1050. The van der Waals surface area contributed by atoms with E-state index in [1.807, 2.05) is 24.3 Å². The third-order valence-corrected chi connectivity index (χ3v) is 4.70. The predicted molar refractivity (Wildman–Crippen MR) is 107 cm³/mol. The van der Waals surface area contributed by atoms with Crippen LogP contribution in [0.15, 0.2) is 76.7 Å². The topological polar surface area (TPSA) is 94.2 Å². The Morgan fingerprint density at radius 1 is 1.13 bits per heavy atom. The lowest BCUT2D eigenvalue weighted by molar-refractivity contribution is -0.136. The number of hydrogen-bond donors (Lipinski definition) is 0. The van der Waals surface area contributed by atoms with Crippen molar-refractivity contribution in [1.29, 1.82) is 0 Å². The minimum atomic E-state index is -0.598. The first-order chi connectivity index (χ1) is 14.7. The van der Waals surface area contributed by atoms with E-state index in [2.05, 4.69) is 10.1 Å². The van der Waals surface area contributed by atoms with Gasteiger partial charge in [0.25, 0.3) is 5.91 Å². The van der Waals surface area contributed by atoms with Gasteiger partial charge in [0.1, 0.15) is 17.6 Å². The fraction of sp³-hybridized carbons (Fsp3) is 0.182. The summed E-state index contributed by atoms with van der Waals surface area (Å²) in [7, 11) is 1.60. The first kappa shape index (κ1) is 19.4. The van der Waals surface area contributed by atoms with Crippen LogP contribution in [-0.2, 0) is 9.53 Å². The lowest BCUT2D eigenvalue weighted by Crippen LogP contribution is -2.31. The molecule has 1 atom stereocenters. The monoisotopic (exact) mass is 405 g/mol. The van der Waals surface area contributed by atoms with E-state index in [1.54, 1.807) is 25.5 Å². The molecular formula is C22H19N3O5. The molecular weight excluding hydrogens is 386 g/mol. The molecule has 0 radical (unpaired) electrons. The van der Waals surface area contributed by atoms with Gasteiger partial charge in [-0.05, 0) is 54.1 Å². The lowest BCUT2D eigenvalue weighted by atomic mass is 10.0. The number of furan rings is 1. The molecule has 3 heterocycles. The second-order valence-corrected chi connectivity index (χ2v) is 6.56. The van der Waals surface area contributed by atoms with Gasteiger partial charge in [-0.15, -0.1) is 0 Å². The molecule has 0 N–H and O–H groups in total. The number of nitrogens with zero attached hydrogens (tertiary/aromatic N) is 3. The molecule has 0 spiro atoms. The number of methoxy groups -OCH3 is 1. The Balaban J connectivity index is 1.51. The van der Waals surface area contributed by atoms with Crippen LogP contribution in [-0.4, -0.2) is 41.3 Å². The van der Waals surface area contributed by atoms with E-state index in [1.165, 1.54) is 29.5 Å². The molecule has 1 aromatic carbocycles. The Kier molecular flexibility index (Phi) is 5.56. The van der Waals surface area contributed by atoms with Crippen LogP contribution in [0.1, 0.15) is 34.1 Å². The van der Waals surface area contributed by atoms with Crippen molar-refractivity contribution in [3.8, 4) is 5.75 Å². The molecule has 152 valence electrons. The fourth-order valence-corrected chi connectivity index (χ4v) is 3.17. The van der Waals surface area contributed by atoms with Crippen LogP contribution in [0.4, 0.5) is 0 Å². The summed E-state index contributed by atoms with van der Waals surface area (Å²) in [5.41, 5.74) is 1.92. The summed E-state index contributed by atoms with van der Waals surface area (Å²) in [5, 5.41) is 5.82. The van der Waals surface area contributed by atoms with Crippen LogP contribution >= 0.6 is 0 Å². The molecule has 1 aliphatic rings. The van der Waals surface area contributed by atoms with E-state index in [4.69, 9.17) is 13.9 Å². The Labute approximate surface area is 172 Å². The molecule has 0 saturated carbocycles. The number of aromatic nitrogens is 1. The Hall–Kier alpha value is -3.94. The normalized spacial score (nSPS) is 15.6. The van der Waals surface area contributed by atoms with Crippen molar-refractivity contribution < 1.29 is 23.5 Å². The van der Waals surface area contributed by atoms with E-state index >= 15 is 0 Å². The number of hydrazone groups is 1. The Morgan fingerprint density at radius 3 is 2.57 bits per heavy atom. The quantitative estimate of drug-likeness (QED) is 0.585. The summed E-state index contributed by atoms with van der Waals surface area (Å²) in [4.78, 5) is 28.8. The van der Waals surface area contributed by atoms with Crippen LogP contribution in [0.3, 0.4) is 0 Å². The minimum absolute atomic E-state index is 0.323. The standard InChI is InChI=1S/C22H19N3O5/c1-28-17-6-4-15(5-7-17)18-13-19(20-3-2-12-29-20)25(24-18)21(26)14-30-22(27)16-8-10-23-11-9-16/h2-12,19H,13-14H2,1H3/t19-/m0/s1. The summed E-state index contributed by atoms with van der Waals surface area (Å²) in [6.45, 7) is -0.433. The van der Waals surface area contributed by atoms with Gasteiger partial charge in [0.15, 0.2) is 6.61 Å². The number of carbonyl (C=O) groups is 2. The molecule has 0 aliphatic carbocycles. The molecule has 30 heavy (non-hydrogen) atoms. The summed E-state index contributed by atoms with van der Waals surface area (Å²) in [5.74, 6) is 0.299. The van der Waals surface area contributed by atoms with Crippen molar-refractivity contribution in [2.45, 2.75) is 12.5 Å². The SMILES string of the molecule is COc1ccc(C2=NN(C(=O)COC(=O)c3ccncc3)[C@H](c3ccco3)C2)cc1. The van der Waals surface area contributed by atoms with Gasteiger partial charge >= 0.3 is 5.97 Å². The molecule has 8 nitrogen and oxygen atoms in total. The van der Waals surface area contributed by atoms with E-state index in [9.17, 15) is 9.59 Å². The number of ether oxygens (including phenoxy) is 2. The third kappa shape index (κ3) is 4.07. The maximum atomic E-state index is 12.8. The molecule has 1 amide bonds. The molecule has 3 aromatic rings. The molecule has 8 heteroatoms. The molecule has 4 rings (SSSR count). The van der Waals surface area contributed by atoms with E-state index in [0.29, 0.717) is 17.7 Å². The second kappa shape index (κ2) is 8.60. The predicted octanol–water partition coefficient (Wildman–Crippen LogP) is 3.22. The average Bonchev–Trinajstić information content (AvgIpc) is 3.48. The number of esters is 1. The highest BCUT2D eigenvalue weighted by Gasteiger charge is 2.35. The highest BCUT2D eigenvalue weighted by Crippen LogP contribution is 2.33. The van der Waals surface area contributed by atoms with Crippen molar-refractivity contribution in [3.63, 3.8) is 0 Å². The minimum Gasteiger partial charge on any atom is -0.497 e. The van der Waals surface area contributed by atoms with Gasteiger partial charge in [-0.1, -0.05) is 0 Å². The molecule has 0 fully saturated rings. The Morgan fingerprint density at radius 2 is 1.90 bits per heavy atom. The van der Waals surface area contributed by atoms with Crippen LogP contribution in [0.25, 0.3) is 0 Å². The van der Waals surface area contributed by atoms with Crippen molar-refractivity contribution in [1.82, 2.24) is 9.99 Å². The fourth-order valence-electron chi connectivity index (χ4n) is 3.17. The summed E-state index contributed by atoms with van der Waals surface area (Å²) >= 11 is 0. The number of rotatable bonds is 6. The maximum Gasteiger partial charge on any atom is 0.338 e. The van der Waals surface area contributed by atoms with E-state index in [-0.39, 0.29) is 0 Å². The van der Waals surface area contributed by atoms with Gasteiger partial charge < -0.3 is 13.9 Å². The highest BCUT2D eigenvalue weighted by molar-refractivity contribution is 6.03. The van der Waals surface area contributed by atoms with Gasteiger partial charge in [-0.3, -0.25) is 9.78 Å². The molecule has 0 bridgehead atoms. The number of carbonyl (C=O) groups excluding carboxylic acids is 2. The lowest BCUT2D eigenvalue weighted by Gasteiger charge is -2.19. The van der Waals surface area contributed by atoms with Gasteiger partial charge in [-0.2, -0.15) is 5.10 Å². The van der Waals surface area contributed by atoms with Gasteiger partial charge in [-0.25, -0.2) is 9.80 Å². The number of benzene rings is 1. The van der Waals surface area contributed by atoms with Crippen molar-refractivity contribution in [2.24, 2.45) is 5.10 Å². The average molecular weight is 405 g/mol. The van der Waals surface area contributed by atoms with Crippen LogP contribution in [0.5, 0.6) is 5.75 Å². The number of pyridine rings is 1. The van der Waals surface area contributed by atoms with Gasteiger partial charge in [0.05, 0.1) is 24.6 Å². The van der Waals surface area contributed by atoms with Crippen LogP contribution < -0.4 is 4.74 Å². The zero-order chi connectivity index (χ0) is 20.9. The van der Waals surface area contributed by atoms with Crippen LogP contribution in [0, 0.1) is 0 Å². The number of amides is 1. The van der Waals surface area contributed by atoms with E-state index in [0.717, 1.165) is 17.0 Å². The second-order valence-electron chi connectivity index (χ2n) is 6.56. The van der Waals surface area contributed by atoms with Gasteiger partial charge in [0, 0.05) is 18.8 Å². The zero-order valence-corrected chi connectivity index (χ0v) is 16.2. The zero-order valence-electron chi connectivity index (χ0n) is 16.2. The molecule has 2 aromatic heterocycles. The first-order valence-electron chi connectivity index (χ1n) is 9.30. The van der Waals surface area contributed by atoms with Crippen molar-refractivity contribution >= 4 is 17.6 Å². The largest absolute Gasteiger partial charge is 0.497 e. The molecule has 0 unspecified atom stereocenters. The third-order valence-electron chi connectivity index (χ3n) is 4.70. The first-order valence-corrected chi connectivity index (χ1v) is 9.30.